The van der Waals surface area contributed by atoms with E-state index in [1.54, 1.807) is 6.20 Å². The number of aromatic nitrogens is 2. The van der Waals surface area contributed by atoms with Crippen molar-refractivity contribution >= 4 is 29.2 Å². The van der Waals surface area contributed by atoms with Gasteiger partial charge in [0, 0.05) is 33.3 Å². The number of nitrogens with zero attached hydrogens (tertiary/aromatic N) is 2. The fourth-order valence-electron chi connectivity index (χ4n) is 2.91. The topological polar surface area (TPSA) is 76.1 Å². The summed E-state index contributed by atoms with van der Waals surface area (Å²) in [6.45, 7) is 6.67. The summed E-state index contributed by atoms with van der Waals surface area (Å²) >= 11 is 12.1. The van der Waals surface area contributed by atoms with Gasteiger partial charge in [0.05, 0.1) is 18.5 Å². The monoisotopic (exact) mass is 472 g/mol. The van der Waals surface area contributed by atoms with Gasteiger partial charge in [0.2, 0.25) is 5.88 Å². The second-order valence-corrected chi connectivity index (χ2v) is 9.13. The van der Waals surface area contributed by atoms with E-state index in [9.17, 15) is 4.79 Å². The van der Waals surface area contributed by atoms with Crippen molar-refractivity contribution in [1.29, 1.82) is 0 Å². The summed E-state index contributed by atoms with van der Waals surface area (Å²) in [6, 6.07) is 14.7. The van der Waals surface area contributed by atoms with Crippen molar-refractivity contribution in [3.8, 4) is 28.4 Å². The van der Waals surface area contributed by atoms with E-state index < -0.39 is 0 Å². The largest absolute Gasteiger partial charge is 0.476 e. The number of ether oxygens (including phenoxy) is 1. The Morgan fingerprint density at radius 3 is 2.06 bits per heavy atom. The number of hydrogen-bond acceptors (Lipinski definition) is 4. The molecule has 8 heteroatoms. The molecule has 0 aliphatic carbocycles. The van der Waals surface area contributed by atoms with Crippen molar-refractivity contribution in [2.45, 2.75) is 32.7 Å². The first-order valence-electron chi connectivity index (χ1n) is 10.3. The number of benzene rings is 2. The number of amides is 2. The van der Waals surface area contributed by atoms with Gasteiger partial charge in [-0.15, -0.1) is 0 Å². The van der Waals surface area contributed by atoms with E-state index >= 15 is 0 Å². The van der Waals surface area contributed by atoms with Crippen LogP contribution in [0.25, 0.3) is 22.5 Å². The Labute approximate surface area is 198 Å². The van der Waals surface area contributed by atoms with Crippen LogP contribution in [-0.2, 0) is 0 Å². The van der Waals surface area contributed by atoms with Crippen molar-refractivity contribution in [2.75, 3.05) is 13.2 Å². The molecule has 0 fully saturated rings. The van der Waals surface area contributed by atoms with E-state index in [4.69, 9.17) is 32.9 Å². The Bertz CT molecular complexity index is 1050. The zero-order valence-corrected chi connectivity index (χ0v) is 19.8. The van der Waals surface area contributed by atoms with Crippen molar-refractivity contribution < 1.29 is 9.53 Å². The van der Waals surface area contributed by atoms with Gasteiger partial charge in [-0.3, -0.25) is 0 Å². The molecule has 2 amide bonds. The molecule has 0 unspecified atom stereocenters. The molecule has 3 aromatic rings. The average molecular weight is 473 g/mol. The minimum absolute atomic E-state index is 0.199. The van der Waals surface area contributed by atoms with Crippen LogP contribution in [0.5, 0.6) is 5.88 Å². The molecule has 3 rings (SSSR count). The lowest BCUT2D eigenvalue weighted by Gasteiger charge is -2.20. The van der Waals surface area contributed by atoms with Gasteiger partial charge in [-0.1, -0.05) is 47.5 Å². The normalized spacial score (nSPS) is 11.2. The number of hydrogen-bond donors (Lipinski definition) is 2. The Morgan fingerprint density at radius 2 is 1.50 bits per heavy atom. The van der Waals surface area contributed by atoms with E-state index in [1.807, 2.05) is 69.3 Å². The van der Waals surface area contributed by atoms with Crippen LogP contribution in [-0.4, -0.2) is 34.7 Å². The van der Waals surface area contributed by atoms with Crippen LogP contribution in [0.4, 0.5) is 4.79 Å². The van der Waals surface area contributed by atoms with Crippen LogP contribution in [0.2, 0.25) is 10.0 Å². The van der Waals surface area contributed by atoms with Crippen LogP contribution in [0.15, 0.2) is 54.7 Å². The highest BCUT2D eigenvalue weighted by Crippen LogP contribution is 2.31. The summed E-state index contributed by atoms with van der Waals surface area (Å²) < 4.78 is 5.79. The number of rotatable bonds is 7. The fraction of sp³-hybridized carbons (Fsp3) is 0.292. The maximum atomic E-state index is 11.8. The molecule has 0 aliphatic rings. The predicted molar refractivity (Wildman–Crippen MR) is 129 cm³/mol. The summed E-state index contributed by atoms with van der Waals surface area (Å²) in [5, 5.41) is 6.96. The second-order valence-electron chi connectivity index (χ2n) is 8.25. The molecule has 0 aliphatic heterocycles. The minimum atomic E-state index is -0.278. The lowest BCUT2D eigenvalue weighted by Crippen LogP contribution is -2.46. The summed E-state index contributed by atoms with van der Waals surface area (Å²) in [7, 11) is 0. The molecule has 0 spiro atoms. The fourth-order valence-corrected chi connectivity index (χ4v) is 3.16. The Kier molecular flexibility index (Phi) is 7.94. The number of carbonyl (C=O) groups is 1. The molecule has 0 atom stereocenters. The predicted octanol–water partition coefficient (Wildman–Crippen LogP) is 5.98. The molecule has 168 valence electrons. The summed E-state index contributed by atoms with van der Waals surface area (Å²) in [4.78, 5) is 21.1. The third-order valence-corrected chi connectivity index (χ3v) is 4.83. The molecule has 32 heavy (non-hydrogen) atoms. The Morgan fingerprint density at radius 1 is 0.938 bits per heavy atom. The van der Waals surface area contributed by atoms with Gasteiger partial charge in [-0.25, -0.2) is 14.8 Å². The first kappa shape index (κ1) is 23.8. The summed E-state index contributed by atoms with van der Waals surface area (Å²) in [6.07, 6.45) is 2.23. The van der Waals surface area contributed by atoms with Crippen molar-refractivity contribution in [3.05, 3.63) is 64.8 Å². The van der Waals surface area contributed by atoms with Gasteiger partial charge in [0.15, 0.2) is 0 Å². The van der Waals surface area contributed by atoms with Crippen molar-refractivity contribution in [1.82, 2.24) is 20.6 Å². The van der Waals surface area contributed by atoms with Gasteiger partial charge in [-0.05, 0) is 51.5 Å². The van der Waals surface area contributed by atoms with Gasteiger partial charge >= 0.3 is 6.03 Å². The highest BCUT2D eigenvalue weighted by atomic mass is 35.5. The molecule has 0 saturated heterocycles. The minimum Gasteiger partial charge on any atom is -0.476 e. The van der Waals surface area contributed by atoms with E-state index in [0.717, 1.165) is 16.8 Å². The molecule has 1 heterocycles. The molecule has 0 bridgehead atoms. The standard InChI is InChI=1S/C24H26Cl2N4O2/c1-24(2,3)30-23(31)27-13-4-14-32-20-15-28-21(16-5-9-18(25)10-6-16)22(29-20)17-7-11-19(26)12-8-17/h5-12,15H,4,13-14H2,1-3H3,(H2,27,30,31). The molecular weight excluding hydrogens is 447 g/mol. The number of urea groups is 1. The highest BCUT2D eigenvalue weighted by Gasteiger charge is 2.14. The first-order valence-corrected chi connectivity index (χ1v) is 11.0. The molecule has 1 aromatic heterocycles. The van der Waals surface area contributed by atoms with E-state index in [2.05, 4.69) is 15.6 Å². The number of nitrogens with one attached hydrogen (secondary N) is 2. The van der Waals surface area contributed by atoms with Crippen LogP contribution < -0.4 is 15.4 Å². The van der Waals surface area contributed by atoms with E-state index in [-0.39, 0.29) is 11.6 Å². The van der Waals surface area contributed by atoms with Gasteiger partial charge in [-0.2, -0.15) is 0 Å². The lowest BCUT2D eigenvalue weighted by atomic mass is 10.0. The van der Waals surface area contributed by atoms with Crippen molar-refractivity contribution in [2.24, 2.45) is 0 Å². The Hall–Kier alpha value is -2.83. The van der Waals surface area contributed by atoms with Gasteiger partial charge < -0.3 is 15.4 Å². The lowest BCUT2D eigenvalue weighted by molar-refractivity contribution is 0.230. The average Bonchev–Trinajstić information content (AvgIpc) is 2.73. The van der Waals surface area contributed by atoms with Gasteiger partial charge in [0.1, 0.15) is 5.69 Å². The molecule has 2 aromatic carbocycles. The molecular formula is C24H26Cl2N4O2. The van der Waals surface area contributed by atoms with Crippen molar-refractivity contribution in [3.63, 3.8) is 0 Å². The van der Waals surface area contributed by atoms with Crippen LogP contribution in [0.3, 0.4) is 0 Å². The highest BCUT2D eigenvalue weighted by molar-refractivity contribution is 6.31. The maximum absolute atomic E-state index is 11.8. The molecule has 0 saturated carbocycles. The smallest absolute Gasteiger partial charge is 0.315 e. The summed E-state index contributed by atoms with van der Waals surface area (Å²) in [5.41, 5.74) is 2.89. The quantitative estimate of drug-likeness (QED) is 0.414. The van der Waals surface area contributed by atoms with Crippen LogP contribution in [0.1, 0.15) is 27.2 Å². The zero-order valence-electron chi connectivity index (χ0n) is 18.3. The first-order chi connectivity index (χ1) is 15.2. The van der Waals surface area contributed by atoms with Gasteiger partial charge in [0.25, 0.3) is 0 Å². The third kappa shape index (κ3) is 7.11. The van der Waals surface area contributed by atoms with E-state index in [1.165, 1.54) is 0 Å². The summed E-state index contributed by atoms with van der Waals surface area (Å²) in [5.74, 6) is 0.409. The van der Waals surface area contributed by atoms with Crippen LogP contribution >= 0.6 is 23.2 Å². The molecule has 0 radical (unpaired) electrons. The van der Waals surface area contributed by atoms with E-state index in [0.29, 0.717) is 41.2 Å². The SMILES string of the molecule is CC(C)(C)NC(=O)NCCCOc1cnc(-c2ccc(Cl)cc2)c(-c2ccc(Cl)cc2)n1. The number of halogens is 2. The second kappa shape index (κ2) is 10.7. The molecule has 6 nitrogen and oxygen atoms in total. The third-order valence-electron chi connectivity index (χ3n) is 4.33. The zero-order chi connectivity index (χ0) is 23.1. The molecule has 2 N–H and O–H groups in total. The maximum Gasteiger partial charge on any atom is 0.315 e. The van der Waals surface area contributed by atoms with Crippen LogP contribution in [0, 0.1) is 0 Å². The number of carbonyl (C=O) groups excluding carboxylic acids is 1. The Balaban J connectivity index is 1.70.